The molecule has 0 aromatic carbocycles. The highest BCUT2D eigenvalue weighted by atomic mass is 32.1. The predicted octanol–water partition coefficient (Wildman–Crippen LogP) is -1.67. The van der Waals surface area contributed by atoms with E-state index in [0.29, 0.717) is 19.3 Å². The van der Waals surface area contributed by atoms with Crippen molar-refractivity contribution in [1.29, 1.82) is 0 Å². The summed E-state index contributed by atoms with van der Waals surface area (Å²) in [4.78, 5) is 32.7. The van der Waals surface area contributed by atoms with Crippen LogP contribution >= 0.6 is 12.6 Å². The first-order chi connectivity index (χ1) is 7.63. The normalized spacial score (nSPS) is 11.6. The molecule has 0 radical (unpaired) electrons. The van der Waals surface area contributed by atoms with E-state index in [1.54, 1.807) is 7.05 Å². The molecule has 0 aliphatic carbocycles. The summed E-state index contributed by atoms with van der Waals surface area (Å²) in [6.07, 6.45) is 0.918. The van der Waals surface area contributed by atoms with Gasteiger partial charge in [-0.3, -0.25) is 9.59 Å². The van der Waals surface area contributed by atoms with Crippen molar-refractivity contribution in [1.82, 2.24) is 16.0 Å². The molecule has 0 aliphatic heterocycles. The number of aldehydes is 1. The zero-order valence-corrected chi connectivity index (χ0v) is 10.0. The summed E-state index contributed by atoms with van der Waals surface area (Å²) < 4.78 is 0. The molecule has 16 heavy (non-hydrogen) atoms. The lowest BCUT2D eigenvalue weighted by atomic mass is 10.3. The smallest absolute Gasteiger partial charge is 0.239 e. The summed E-state index contributed by atoms with van der Waals surface area (Å²) in [5.74, 6) is -0.370. The average molecular weight is 247 g/mol. The molecule has 0 fully saturated rings. The van der Waals surface area contributed by atoms with Gasteiger partial charge < -0.3 is 20.7 Å². The molecule has 6 nitrogen and oxygen atoms in total. The molecule has 0 bridgehead atoms. The first-order valence-corrected chi connectivity index (χ1v) is 5.54. The Bertz CT molecular complexity index is 248. The molecule has 1 unspecified atom stereocenters. The van der Waals surface area contributed by atoms with Gasteiger partial charge in [-0.05, 0) is 7.05 Å². The first kappa shape index (κ1) is 14.9. The van der Waals surface area contributed by atoms with Gasteiger partial charge in [-0.15, -0.1) is 0 Å². The van der Waals surface area contributed by atoms with Crippen LogP contribution in [0.2, 0.25) is 0 Å². The Morgan fingerprint density at radius 1 is 1.38 bits per heavy atom. The van der Waals surface area contributed by atoms with Crippen LogP contribution in [-0.2, 0) is 14.4 Å². The molecule has 0 aromatic heterocycles. The molecule has 0 rings (SSSR count). The Labute approximate surface area is 99.9 Å². The van der Waals surface area contributed by atoms with Gasteiger partial charge in [0.05, 0.1) is 12.6 Å². The van der Waals surface area contributed by atoms with Crippen molar-refractivity contribution in [2.24, 2.45) is 0 Å². The zero-order valence-electron chi connectivity index (χ0n) is 9.16. The molecule has 0 spiro atoms. The summed E-state index contributed by atoms with van der Waals surface area (Å²) in [7, 11) is 1.74. The number of nitrogens with one attached hydrogen (secondary N) is 3. The molecule has 0 saturated carbocycles. The van der Waals surface area contributed by atoms with Gasteiger partial charge in [0.15, 0.2) is 0 Å². The van der Waals surface area contributed by atoms with Crippen molar-refractivity contribution in [3.63, 3.8) is 0 Å². The standard InChI is InChI=1S/C9H17N3O3S/c1-10-3-2-8(14)11-4-9(15)12-7(5-13)6-16/h5,7,10,16H,2-4,6H2,1H3,(H,11,14)(H,12,15). The van der Waals surface area contributed by atoms with Crippen LogP contribution in [0.3, 0.4) is 0 Å². The van der Waals surface area contributed by atoms with Crippen LogP contribution in [0.4, 0.5) is 0 Å². The van der Waals surface area contributed by atoms with E-state index in [0.717, 1.165) is 0 Å². The van der Waals surface area contributed by atoms with Crippen molar-refractivity contribution in [3.8, 4) is 0 Å². The molecule has 92 valence electrons. The second kappa shape index (κ2) is 9.17. The second-order valence-corrected chi connectivity index (χ2v) is 3.49. The quantitative estimate of drug-likeness (QED) is 0.305. The zero-order chi connectivity index (χ0) is 12.4. The number of rotatable bonds is 8. The molecule has 0 heterocycles. The predicted molar refractivity (Wildman–Crippen MR) is 63.4 cm³/mol. The number of hydrogen-bond donors (Lipinski definition) is 4. The lowest BCUT2D eigenvalue weighted by Gasteiger charge is -2.10. The van der Waals surface area contributed by atoms with Crippen LogP contribution in [-0.4, -0.2) is 50.0 Å². The third-order valence-electron chi connectivity index (χ3n) is 1.76. The van der Waals surface area contributed by atoms with Gasteiger partial charge in [-0.2, -0.15) is 12.6 Å². The van der Waals surface area contributed by atoms with Gasteiger partial charge in [0.25, 0.3) is 0 Å². The van der Waals surface area contributed by atoms with E-state index < -0.39 is 11.9 Å². The Kier molecular flexibility index (Phi) is 8.55. The van der Waals surface area contributed by atoms with Crippen molar-refractivity contribution in [2.45, 2.75) is 12.5 Å². The molecular weight excluding hydrogens is 230 g/mol. The van der Waals surface area contributed by atoms with E-state index in [1.165, 1.54) is 0 Å². The number of carbonyl (C=O) groups is 3. The summed E-state index contributed by atoms with van der Waals surface area (Å²) in [6, 6.07) is -0.606. The van der Waals surface area contributed by atoms with E-state index in [4.69, 9.17) is 0 Å². The fourth-order valence-electron chi connectivity index (χ4n) is 0.886. The maximum Gasteiger partial charge on any atom is 0.239 e. The highest BCUT2D eigenvalue weighted by Crippen LogP contribution is 1.83. The van der Waals surface area contributed by atoms with Crippen LogP contribution < -0.4 is 16.0 Å². The fraction of sp³-hybridized carbons (Fsp3) is 0.667. The fourth-order valence-corrected chi connectivity index (χ4v) is 1.06. The number of amides is 2. The Hall–Kier alpha value is -1.08. The monoisotopic (exact) mass is 247 g/mol. The minimum absolute atomic E-state index is 0.124. The largest absolute Gasteiger partial charge is 0.347 e. The maximum absolute atomic E-state index is 11.2. The summed E-state index contributed by atoms with van der Waals surface area (Å²) in [6.45, 7) is 0.432. The van der Waals surface area contributed by atoms with E-state index in [2.05, 4.69) is 28.6 Å². The van der Waals surface area contributed by atoms with Crippen molar-refractivity contribution in [2.75, 3.05) is 25.9 Å². The number of carbonyl (C=O) groups excluding carboxylic acids is 3. The second-order valence-electron chi connectivity index (χ2n) is 3.12. The Balaban J connectivity index is 3.71. The highest BCUT2D eigenvalue weighted by molar-refractivity contribution is 7.80. The van der Waals surface area contributed by atoms with Gasteiger partial charge in [0, 0.05) is 18.7 Å². The minimum Gasteiger partial charge on any atom is -0.347 e. The maximum atomic E-state index is 11.2. The lowest BCUT2D eigenvalue weighted by molar-refractivity contribution is -0.126. The van der Waals surface area contributed by atoms with E-state index in [1.807, 2.05) is 0 Å². The molecule has 2 amide bonds. The molecule has 1 atom stereocenters. The van der Waals surface area contributed by atoms with Crippen molar-refractivity contribution < 1.29 is 14.4 Å². The molecule has 7 heteroatoms. The molecule has 3 N–H and O–H groups in total. The molecule has 0 aliphatic rings. The minimum atomic E-state index is -0.606. The summed E-state index contributed by atoms with van der Waals surface area (Å²) in [5.41, 5.74) is 0. The van der Waals surface area contributed by atoms with Gasteiger partial charge in [-0.1, -0.05) is 0 Å². The van der Waals surface area contributed by atoms with Crippen LogP contribution in [0.5, 0.6) is 0 Å². The van der Waals surface area contributed by atoms with Gasteiger partial charge >= 0.3 is 0 Å². The highest BCUT2D eigenvalue weighted by Gasteiger charge is 2.10. The van der Waals surface area contributed by atoms with Crippen LogP contribution in [0.15, 0.2) is 0 Å². The lowest BCUT2D eigenvalue weighted by Crippen LogP contribution is -2.43. The number of hydrogen-bond acceptors (Lipinski definition) is 5. The van der Waals surface area contributed by atoms with Crippen LogP contribution in [0.25, 0.3) is 0 Å². The average Bonchev–Trinajstić information content (AvgIpc) is 2.30. The van der Waals surface area contributed by atoms with Crippen LogP contribution in [0.1, 0.15) is 6.42 Å². The topological polar surface area (TPSA) is 87.3 Å². The number of thiol groups is 1. The summed E-state index contributed by atoms with van der Waals surface area (Å²) in [5, 5.41) is 7.67. The van der Waals surface area contributed by atoms with Crippen molar-refractivity contribution in [3.05, 3.63) is 0 Å². The van der Waals surface area contributed by atoms with E-state index >= 15 is 0 Å². The third-order valence-corrected chi connectivity index (χ3v) is 2.15. The third kappa shape index (κ3) is 7.24. The molecule has 0 aromatic rings. The molecule has 0 saturated heterocycles. The van der Waals surface area contributed by atoms with E-state index in [-0.39, 0.29) is 18.2 Å². The van der Waals surface area contributed by atoms with E-state index in [9.17, 15) is 14.4 Å². The first-order valence-electron chi connectivity index (χ1n) is 4.90. The summed E-state index contributed by atoms with van der Waals surface area (Å²) >= 11 is 3.88. The molecular formula is C9H17N3O3S. The van der Waals surface area contributed by atoms with Gasteiger partial charge in [0.2, 0.25) is 11.8 Å². The Morgan fingerprint density at radius 3 is 2.56 bits per heavy atom. The Morgan fingerprint density at radius 2 is 2.06 bits per heavy atom. The van der Waals surface area contributed by atoms with Crippen LogP contribution in [0, 0.1) is 0 Å². The van der Waals surface area contributed by atoms with Crippen molar-refractivity contribution >= 4 is 30.7 Å². The SMILES string of the molecule is CNCCC(=O)NCC(=O)NC(C=O)CS. The van der Waals surface area contributed by atoms with Gasteiger partial charge in [0.1, 0.15) is 6.29 Å². The van der Waals surface area contributed by atoms with Gasteiger partial charge in [-0.25, -0.2) is 0 Å².